The predicted molar refractivity (Wildman–Crippen MR) is 168 cm³/mol. The molecule has 0 saturated carbocycles. The number of ether oxygens (including phenoxy) is 1. The van der Waals surface area contributed by atoms with E-state index in [2.05, 4.69) is 5.32 Å². The summed E-state index contributed by atoms with van der Waals surface area (Å²) in [6.45, 7) is 6.60. The van der Waals surface area contributed by atoms with Crippen molar-refractivity contribution in [3.63, 3.8) is 0 Å². The van der Waals surface area contributed by atoms with Crippen molar-refractivity contribution in [3.8, 4) is 5.75 Å². The van der Waals surface area contributed by atoms with Gasteiger partial charge in [-0.25, -0.2) is 8.42 Å². The second-order valence-electron chi connectivity index (χ2n) is 10.6. The third kappa shape index (κ3) is 8.31. The Labute approximate surface area is 262 Å². The van der Waals surface area contributed by atoms with Gasteiger partial charge in [-0.2, -0.15) is 0 Å². The van der Waals surface area contributed by atoms with E-state index in [4.69, 9.17) is 39.5 Å². The van der Waals surface area contributed by atoms with Crippen molar-refractivity contribution in [3.05, 3.63) is 87.4 Å². The number of hydrogen-bond donors (Lipinski definition) is 1. The molecule has 3 aromatic carbocycles. The molecule has 0 fully saturated rings. The molecule has 3 aromatic rings. The zero-order chi connectivity index (χ0) is 31.2. The molecule has 2 amide bonds. The lowest BCUT2D eigenvalue weighted by Crippen LogP contribution is -2.55. The van der Waals surface area contributed by atoms with Crippen molar-refractivity contribution in [2.45, 2.75) is 57.1 Å². The first-order chi connectivity index (χ1) is 19.7. The molecule has 0 radical (unpaired) electrons. The molecule has 0 spiro atoms. The molecule has 0 bridgehead atoms. The summed E-state index contributed by atoms with van der Waals surface area (Å²) in [7, 11) is -2.80. The SMILES string of the molecule is CC[C@@H](C(=O)NC(C)(C)C)N(Cc1ccc(Cl)cc1Cl)C(=O)CN(c1ccc(OC)c(Cl)c1)S(=O)(=O)c1ccccc1. The molecule has 226 valence electrons. The Morgan fingerprint density at radius 2 is 1.62 bits per heavy atom. The third-order valence-corrected chi connectivity index (χ3v) is 8.94. The Balaban J connectivity index is 2.12. The van der Waals surface area contributed by atoms with Crippen LogP contribution < -0.4 is 14.4 Å². The van der Waals surface area contributed by atoms with Crippen LogP contribution in [-0.4, -0.2) is 50.4 Å². The Bertz CT molecular complexity index is 1530. The summed E-state index contributed by atoms with van der Waals surface area (Å²) in [5.74, 6) is -0.663. The van der Waals surface area contributed by atoms with Gasteiger partial charge in [0.15, 0.2) is 0 Å². The molecular formula is C30H34Cl3N3O5S. The molecular weight excluding hydrogens is 621 g/mol. The monoisotopic (exact) mass is 653 g/mol. The highest BCUT2D eigenvalue weighted by Gasteiger charge is 2.35. The first kappa shape index (κ1) is 33.5. The number of carbonyl (C=O) groups is 2. The Kier molecular flexibility index (Phi) is 11.2. The highest BCUT2D eigenvalue weighted by molar-refractivity contribution is 7.92. The van der Waals surface area contributed by atoms with Gasteiger partial charge in [0.25, 0.3) is 10.0 Å². The van der Waals surface area contributed by atoms with Crippen LogP contribution in [0.4, 0.5) is 5.69 Å². The fourth-order valence-corrected chi connectivity index (χ4v) is 6.41. The minimum Gasteiger partial charge on any atom is -0.495 e. The lowest BCUT2D eigenvalue weighted by molar-refractivity contribution is -0.141. The topological polar surface area (TPSA) is 96.0 Å². The maximum Gasteiger partial charge on any atom is 0.264 e. The average molecular weight is 655 g/mol. The molecule has 0 saturated heterocycles. The second-order valence-corrected chi connectivity index (χ2v) is 13.7. The number of anilines is 1. The van der Waals surface area contributed by atoms with Gasteiger partial charge in [-0.3, -0.25) is 13.9 Å². The summed E-state index contributed by atoms with van der Waals surface area (Å²) in [6.07, 6.45) is 0.263. The smallest absolute Gasteiger partial charge is 0.264 e. The van der Waals surface area contributed by atoms with E-state index in [0.717, 1.165) is 4.31 Å². The molecule has 42 heavy (non-hydrogen) atoms. The molecule has 0 heterocycles. The van der Waals surface area contributed by atoms with E-state index in [9.17, 15) is 18.0 Å². The molecule has 3 rings (SSSR count). The van der Waals surface area contributed by atoms with Crippen molar-refractivity contribution < 1.29 is 22.7 Å². The van der Waals surface area contributed by atoms with Crippen LogP contribution in [-0.2, 0) is 26.2 Å². The first-order valence-corrected chi connectivity index (χ1v) is 15.7. The van der Waals surface area contributed by atoms with Crippen LogP contribution in [0.25, 0.3) is 0 Å². The fraction of sp³-hybridized carbons (Fsp3) is 0.333. The predicted octanol–water partition coefficient (Wildman–Crippen LogP) is 6.57. The lowest BCUT2D eigenvalue weighted by Gasteiger charge is -2.35. The van der Waals surface area contributed by atoms with E-state index in [1.54, 1.807) is 43.3 Å². The molecule has 12 heteroatoms. The van der Waals surface area contributed by atoms with E-state index < -0.39 is 34.1 Å². The zero-order valence-corrected chi connectivity index (χ0v) is 27.1. The largest absolute Gasteiger partial charge is 0.495 e. The summed E-state index contributed by atoms with van der Waals surface area (Å²) in [5, 5.41) is 3.81. The number of halogens is 3. The quantitative estimate of drug-likeness (QED) is 0.252. The molecule has 0 aromatic heterocycles. The Morgan fingerprint density at radius 1 is 0.952 bits per heavy atom. The molecule has 8 nitrogen and oxygen atoms in total. The Hall–Kier alpha value is -2.98. The van der Waals surface area contributed by atoms with E-state index in [0.29, 0.717) is 21.4 Å². The number of amides is 2. The highest BCUT2D eigenvalue weighted by Crippen LogP contribution is 2.32. The number of nitrogens with zero attached hydrogens (tertiary/aromatic N) is 2. The number of sulfonamides is 1. The van der Waals surface area contributed by atoms with E-state index >= 15 is 0 Å². The maximum absolute atomic E-state index is 14.2. The summed E-state index contributed by atoms with van der Waals surface area (Å²) in [4.78, 5) is 28.9. The second kappa shape index (κ2) is 14.0. The zero-order valence-electron chi connectivity index (χ0n) is 24.0. The van der Waals surface area contributed by atoms with Crippen LogP contribution in [0.5, 0.6) is 5.75 Å². The number of hydrogen-bond acceptors (Lipinski definition) is 5. The van der Waals surface area contributed by atoms with Crippen molar-refractivity contribution in [1.82, 2.24) is 10.2 Å². The van der Waals surface area contributed by atoms with Crippen LogP contribution in [0.3, 0.4) is 0 Å². The van der Waals surface area contributed by atoms with Gasteiger partial charge in [-0.05, 0) is 75.2 Å². The molecule has 0 aliphatic rings. The van der Waals surface area contributed by atoms with E-state index in [1.807, 2.05) is 20.8 Å². The molecule has 0 aliphatic heterocycles. The van der Waals surface area contributed by atoms with Gasteiger partial charge >= 0.3 is 0 Å². The van der Waals surface area contributed by atoms with Crippen molar-refractivity contribution >= 4 is 62.3 Å². The van der Waals surface area contributed by atoms with Gasteiger partial charge in [0.05, 0.1) is 22.7 Å². The van der Waals surface area contributed by atoms with Crippen LogP contribution in [0.1, 0.15) is 39.7 Å². The lowest BCUT2D eigenvalue weighted by atomic mass is 10.1. The van der Waals surface area contributed by atoms with Gasteiger partial charge in [-0.15, -0.1) is 0 Å². The van der Waals surface area contributed by atoms with Crippen molar-refractivity contribution in [2.75, 3.05) is 18.0 Å². The normalized spacial score (nSPS) is 12.4. The van der Waals surface area contributed by atoms with Gasteiger partial charge in [-0.1, -0.05) is 66.0 Å². The third-order valence-electron chi connectivity index (χ3n) is 6.27. The highest BCUT2D eigenvalue weighted by atomic mass is 35.5. The molecule has 1 atom stereocenters. The van der Waals surface area contributed by atoms with Gasteiger partial charge in [0.1, 0.15) is 18.3 Å². The molecule has 0 unspecified atom stereocenters. The van der Waals surface area contributed by atoms with Crippen molar-refractivity contribution in [1.29, 1.82) is 0 Å². The Morgan fingerprint density at radius 3 is 2.17 bits per heavy atom. The number of benzene rings is 3. The van der Waals surface area contributed by atoms with Crippen LogP contribution >= 0.6 is 34.8 Å². The molecule has 1 N–H and O–H groups in total. The standard InChI is InChI=1S/C30H34Cl3N3O5S/c1-6-26(29(38)34-30(2,3)4)35(18-20-12-13-21(31)16-24(20)32)28(37)19-36(22-14-15-27(41-5)25(33)17-22)42(39,40)23-10-8-7-9-11-23/h7-17,26H,6,18-19H2,1-5H3,(H,34,38)/t26-/m0/s1. The summed E-state index contributed by atoms with van der Waals surface area (Å²) >= 11 is 18.9. The fourth-order valence-electron chi connectivity index (χ4n) is 4.26. The summed E-state index contributed by atoms with van der Waals surface area (Å²) in [5.41, 5.74) is 0.121. The van der Waals surface area contributed by atoms with Gasteiger partial charge in [0.2, 0.25) is 11.8 Å². The van der Waals surface area contributed by atoms with Gasteiger partial charge < -0.3 is 15.0 Å². The van der Waals surface area contributed by atoms with Crippen LogP contribution in [0.2, 0.25) is 15.1 Å². The minimum atomic E-state index is -4.24. The van der Waals surface area contributed by atoms with E-state index in [-0.39, 0.29) is 34.5 Å². The molecule has 0 aliphatic carbocycles. The average Bonchev–Trinajstić information content (AvgIpc) is 2.92. The number of carbonyl (C=O) groups excluding carboxylic acids is 2. The van der Waals surface area contributed by atoms with Gasteiger partial charge in [0, 0.05) is 22.1 Å². The number of nitrogens with one attached hydrogen (secondary N) is 1. The number of rotatable bonds is 11. The van der Waals surface area contributed by atoms with Crippen LogP contribution in [0.15, 0.2) is 71.6 Å². The van der Waals surface area contributed by atoms with Crippen molar-refractivity contribution in [2.24, 2.45) is 0 Å². The van der Waals surface area contributed by atoms with Crippen LogP contribution in [0, 0.1) is 0 Å². The van der Waals surface area contributed by atoms with E-state index in [1.165, 1.54) is 42.3 Å². The summed E-state index contributed by atoms with van der Waals surface area (Å²) < 4.78 is 34.1. The maximum atomic E-state index is 14.2. The summed E-state index contributed by atoms with van der Waals surface area (Å²) in [6, 6.07) is 16.1. The minimum absolute atomic E-state index is 0.0189. The number of methoxy groups -OCH3 is 1. The first-order valence-electron chi connectivity index (χ1n) is 13.1.